The molecule has 0 amide bonds. The Morgan fingerprint density at radius 1 is 1.00 bits per heavy atom. The summed E-state index contributed by atoms with van der Waals surface area (Å²) in [6.45, 7) is 0.312. The van der Waals surface area contributed by atoms with Crippen LogP contribution >= 0.6 is 0 Å². The van der Waals surface area contributed by atoms with E-state index in [1.165, 1.54) is 0 Å². The second kappa shape index (κ2) is 8.86. The average molecular weight is 366 g/mol. The first-order valence-corrected chi connectivity index (χ1v) is 8.48. The van der Waals surface area contributed by atoms with E-state index >= 15 is 0 Å². The van der Waals surface area contributed by atoms with Gasteiger partial charge in [0, 0.05) is 18.4 Å². The highest BCUT2D eigenvalue weighted by Crippen LogP contribution is 2.21. The molecule has 7 nitrogen and oxygen atoms in total. The molecule has 3 N–H and O–H groups in total. The zero-order chi connectivity index (χ0) is 19.1. The molecule has 0 aliphatic heterocycles. The van der Waals surface area contributed by atoms with Gasteiger partial charge in [-0.15, -0.1) is 0 Å². The first-order chi connectivity index (χ1) is 13.2. The summed E-state index contributed by atoms with van der Waals surface area (Å²) < 4.78 is 10.3. The normalized spacial score (nSPS) is 11.5. The van der Waals surface area contributed by atoms with Gasteiger partial charge < -0.3 is 25.2 Å². The van der Waals surface area contributed by atoms with Crippen LogP contribution < -0.4 is 20.1 Å². The molecule has 0 saturated carbocycles. The van der Waals surface area contributed by atoms with Gasteiger partial charge in [0.15, 0.2) is 0 Å². The fourth-order valence-electron chi connectivity index (χ4n) is 2.49. The van der Waals surface area contributed by atoms with Crippen molar-refractivity contribution in [3.05, 3.63) is 66.4 Å². The lowest BCUT2D eigenvalue weighted by molar-refractivity contribution is 0.191. The van der Waals surface area contributed by atoms with E-state index in [-0.39, 0.29) is 0 Å². The molecule has 3 aromatic rings. The lowest BCUT2D eigenvalue weighted by atomic mass is 10.1. The highest BCUT2D eigenvalue weighted by molar-refractivity contribution is 5.55. The van der Waals surface area contributed by atoms with E-state index in [9.17, 15) is 5.11 Å². The Bertz CT molecular complexity index is 871. The molecule has 0 radical (unpaired) electrons. The predicted molar refractivity (Wildman–Crippen MR) is 105 cm³/mol. The van der Waals surface area contributed by atoms with Gasteiger partial charge in [0.1, 0.15) is 17.3 Å². The van der Waals surface area contributed by atoms with Gasteiger partial charge >= 0.3 is 0 Å². The number of ether oxygens (including phenoxy) is 2. The Kier molecular flexibility index (Phi) is 6.06. The van der Waals surface area contributed by atoms with Gasteiger partial charge in [0.2, 0.25) is 5.95 Å². The van der Waals surface area contributed by atoms with Crippen LogP contribution in [0.1, 0.15) is 11.7 Å². The molecule has 2 aromatic carbocycles. The molecule has 0 bridgehead atoms. The number of rotatable bonds is 8. The number of methoxy groups -OCH3 is 2. The van der Waals surface area contributed by atoms with Crippen LogP contribution in [0, 0.1) is 0 Å². The van der Waals surface area contributed by atoms with Crippen LogP contribution in [-0.2, 0) is 0 Å². The molecule has 140 valence electrons. The number of benzene rings is 2. The molecular formula is C20H22N4O3. The average Bonchev–Trinajstić information content (AvgIpc) is 2.73. The highest BCUT2D eigenvalue weighted by Gasteiger charge is 2.09. The summed E-state index contributed by atoms with van der Waals surface area (Å²) in [5.74, 6) is 2.56. The van der Waals surface area contributed by atoms with Gasteiger partial charge in [-0.1, -0.05) is 12.1 Å². The first kappa shape index (κ1) is 18.5. The number of hydrogen-bond acceptors (Lipinski definition) is 7. The molecule has 1 aromatic heterocycles. The summed E-state index contributed by atoms with van der Waals surface area (Å²) in [6.07, 6.45) is 0.965. The van der Waals surface area contributed by atoms with Crippen LogP contribution in [0.4, 0.5) is 17.5 Å². The van der Waals surface area contributed by atoms with Gasteiger partial charge in [0.25, 0.3) is 0 Å². The van der Waals surface area contributed by atoms with E-state index in [1.807, 2.05) is 48.5 Å². The van der Waals surface area contributed by atoms with E-state index in [4.69, 9.17) is 9.47 Å². The van der Waals surface area contributed by atoms with Gasteiger partial charge in [-0.2, -0.15) is 4.98 Å². The van der Waals surface area contributed by atoms with E-state index < -0.39 is 6.10 Å². The molecule has 27 heavy (non-hydrogen) atoms. The van der Waals surface area contributed by atoms with Gasteiger partial charge in [0.05, 0.1) is 20.3 Å². The zero-order valence-electron chi connectivity index (χ0n) is 15.2. The van der Waals surface area contributed by atoms with Crippen LogP contribution in [-0.4, -0.2) is 35.8 Å². The fourth-order valence-corrected chi connectivity index (χ4v) is 2.49. The Morgan fingerprint density at radius 3 is 2.52 bits per heavy atom. The van der Waals surface area contributed by atoms with Crippen molar-refractivity contribution in [2.45, 2.75) is 6.10 Å². The number of aliphatic hydroxyl groups excluding tert-OH is 1. The third-order valence-electron chi connectivity index (χ3n) is 3.96. The third kappa shape index (κ3) is 5.08. The quantitative estimate of drug-likeness (QED) is 0.563. The maximum Gasteiger partial charge on any atom is 0.229 e. The van der Waals surface area contributed by atoms with E-state index in [0.717, 1.165) is 17.0 Å². The van der Waals surface area contributed by atoms with Crippen molar-refractivity contribution in [2.75, 3.05) is 31.4 Å². The third-order valence-corrected chi connectivity index (χ3v) is 3.96. The van der Waals surface area contributed by atoms with Crippen LogP contribution in [0.3, 0.4) is 0 Å². The summed E-state index contributed by atoms with van der Waals surface area (Å²) in [4.78, 5) is 8.62. The molecule has 0 saturated heterocycles. The van der Waals surface area contributed by atoms with Crippen molar-refractivity contribution in [3.63, 3.8) is 0 Å². The first-order valence-electron chi connectivity index (χ1n) is 8.48. The molecular weight excluding hydrogens is 344 g/mol. The molecule has 7 heteroatoms. The molecule has 1 heterocycles. The van der Waals surface area contributed by atoms with Crippen molar-refractivity contribution in [2.24, 2.45) is 0 Å². The summed E-state index contributed by atoms with van der Waals surface area (Å²) >= 11 is 0. The number of nitrogens with one attached hydrogen (secondary N) is 2. The molecule has 1 atom stereocenters. The number of hydrogen-bond donors (Lipinski definition) is 3. The monoisotopic (exact) mass is 366 g/mol. The Labute approximate surface area is 158 Å². The molecule has 3 rings (SSSR count). The number of aromatic nitrogens is 2. The van der Waals surface area contributed by atoms with Gasteiger partial charge in [-0.3, -0.25) is 0 Å². The second-order valence-electron chi connectivity index (χ2n) is 5.79. The molecule has 0 spiro atoms. The molecule has 0 aliphatic rings. The minimum absolute atomic E-state index is 0.312. The smallest absolute Gasteiger partial charge is 0.229 e. The van der Waals surface area contributed by atoms with Gasteiger partial charge in [-0.25, -0.2) is 4.98 Å². The lowest BCUT2D eigenvalue weighted by Crippen LogP contribution is -2.13. The zero-order valence-corrected chi connectivity index (χ0v) is 15.2. The largest absolute Gasteiger partial charge is 0.497 e. The number of anilines is 3. The topological polar surface area (TPSA) is 88.5 Å². The van der Waals surface area contributed by atoms with E-state index in [1.54, 1.807) is 26.5 Å². The predicted octanol–water partition coefficient (Wildman–Crippen LogP) is 3.38. The van der Waals surface area contributed by atoms with Crippen LogP contribution in [0.25, 0.3) is 0 Å². The number of aliphatic hydroxyl groups is 1. The fraction of sp³-hybridized carbons (Fsp3) is 0.200. The lowest BCUT2D eigenvalue weighted by Gasteiger charge is -2.14. The van der Waals surface area contributed by atoms with Crippen LogP contribution in [0.5, 0.6) is 11.5 Å². The maximum atomic E-state index is 10.4. The van der Waals surface area contributed by atoms with Crippen LogP contribution in [0.15, 0.2) is 60.8 Å². The summed E-state index contributed by atoms with van der Waals surface area (Å²) in [5.41, 5.74) is 1.62. The Morgan fingerprint density at radius 2 is 1.78 bits per heavy atom. The van der Waals surface area contributed by atoms with Crippen molar-refractivity contribution in [1.82, 2.24) is 9.97 Å². The summed E-state index contributed by atoms with van der Waals surface area (Å²) in [7, 11) is 3.22. The molecule has 0 aliphatic carbocycles. The Hall–Kier alpha value is -3.32. The summed E-state index contributed by atoms with van der Waals surface area (Å²) in [5, 5.41) is 16.6. The van der Waals surface area contributed by atoms with Crippen molar-refractivity contribution in [3.8, 4) is 11.5 Å². The van der Waals surface area contributed by atoms with Crippen molar-refractivity contribution in [1.29, 1.82) is 0 Å². The maximum absolute atomic E-state index is 10.4. The van der Waals surface area contributed by atoms with Crippen LogP contribution in [0.2, 0.25) is 0 Å². The minimum Gasteiger partial charge on any atom is -0.497 e. The Balaban J connectivity index is 1.61. The SMILES string of the molecule is COc1ccc(Nc2nccc(NCC(O)c3cccc(OC)c3)n2)cc1. The van der Waals surface area contributed by atoms with E-state index in [0.29, 0.717) is 24.1 Å². The van der Waals surface area contributed by atoms with E-state index in [2.05, 4.69) is 20.6 Å². The molecule has 1 unspecified atom stereocenters. The minimum atomic E-state index is -0.687. The highest BCUT2D eigenvalue weighted by atomic mass is 16.5. The standard InChI is InChI=1S/C20H22N4O3/c1-26-16-8-6-15(7-9-16)23-20-21-11-10-19(24-20)22-13-18(25)14-4-3-5-17(12-14)27-2/h3-12,18,25H,13H2,1-2H3,(H2,21,22,23,24). The summed E-state index contributed by atoms with van der Waals surface area (Å²) in [6, 6.07) is 16.6. The molecule has 0 fully saturated rings. The van der Waals surface area contributed by atoms with Crippen molar-refractivity contribution >= 4 is 17.5 Å². The second-order valence-corrected chi connectivity index (χ2v) is 5.79. The van der Waals surface area contributed by atoms with Crippen molar-refractivity contribution < 1.29 is 14.6 Å². The van der Waals surface area contributed by atoms with Gasteiger partial charge in [-0.05, 0) is 48.0 Å². The number of nitrogens with zero attached hydrogens (tertiary/aromatic N) is 2.